The maximum absolute atomic E-state index is 10.8. The molecule has 3 rings (SSSR count). The molecular formula is C20H15ClN6O3. The molecule has 0 saturated heterocycles. The second kappa shape index (κ2) is 9.89. The molecule has 30 heavy (non-hydrogen) atoms. The highest BCUT2D eigenvalue weighted by molar-refractivity contribution is 6.35. The van der Waals surface area contributed by atoms with Gasteiger partial charge >= 0.3 is 5.95 Å². The van der Waals surface area contributed by atoms with E-state index in [0.29, 0.717) is 17.9 Å². The summed E-state index contributed by atoms with van der Waals surface area (Å²) in [7, 11) is 0. The number of non-ortho nitro benzene ring substituents is 1. The zero-order valence-corrected chi connectivity index (χ0v) is 16.2. The number of anilines is 2. The molecule has 0 unspecified atom stereocenters. The van der Waals surface area contributed by atoms with Gasteiger partial charge in [-0.25, -0.2) is 9.56 Å². The van der Waals surface area contributed by atoms with Crippen molar-refractivity contribution in [2.45, 2.75) is 0 Å². The van der Waals surface area contributed by atoms with Crippen molar-refractivity contribution in [3.8, 4) is 5.95 Å². The van der Waals surface area contributed by atoms with E-state index in [9.17, 15) is 15.2 Å². The summed E-state index contributed by atoms with van der Waals surface area (Å²) in [4.78, 5) is 23.4. The van der Waals surface area contributed by atoms with Gasteiger partial charge in [-0.1, -0.05) is 29.8 Å². The molecule has 0 aliphatic rings. The van der Waals surface area contributed by atoms with Crippen LogP contribution in [0.25, 0.3) is 5.95 Å². The largest absolute Gasteiger partial charge is 0.878 e. The number of halogens is 1. The van der Waals surface area contributed by atoms with Gasteiger partial charge in [0.1, 0.15) is 0 Å². The van der Waals surface area contributed by atoms with Crippen molar-refractivity contribution in [1.29, 1.82) is 0 Å². The number of pyridine rings is 1. The molecule has 0 fully saturated rings. The number of aliphatic imine (C=N–C) groups is 1. The number of nitro groups is 1. The quantitative estimate of drug-likeness (QED) is 0.156. The molecule has 1 N–H and O–H groups in total. The zero-order chi connectivity index (χ0) is 21.3. The molecule has 1 aromatic carbocycles. The van der Waals surface area contributed by atoms with Crippen molar-refractivity contribution in [1.82, 2.24) is 9.97 Å². The second-order valence-electron chi connectivity index (χ2n) is 5.71. The molecule has 3 aromatic rings. The number of nitrogens with one attached hydrogen (secondary N) is 1. The first-order valence-electron chi connectivity index (χ1n) is 8.62. The normalized spacial score (nSPS) is 11.5. The lowest BCUT2D eigenvalue weighted by molar-refractivity contribution is -0.603. The van der Waals surface area contributed by atoms with E-state index in [2.05, 4.69) is 20.3 Å². The fraction of sp³-hybridized carbons (Fsp3) is 0. The molecule has 0 radical (unpaired) electrons. The fourth-order valence-electron chi connectivity index (χ4n) is 2.32. The second-order valence-corrected chi connectivity index (χ2v) is 6.09. The van der Waals surface area contributed by atoms with Crippen LogP contribution in [0.15, 0.2) is 84.3 Å². The summed E-state index contributed by atoms with van der Waals surface area (Å²) in [6.07, 6.45) is 10.0. The van der Waals surface area contributed by atoms with Crippen molar-refractivity contribution in [2.24, 2.45) is 4.99 Å². The summed E-state index contributed by atoms with van der Waals surface area (Å²) in [5, 5.41) is 24.4. The average Bonchev–Trinajstić information content (AvgIpc) is 2.77. The Morgan fingerprint density at radius 1 is 1.07 bits per heavy atom. The Morgan fingerprint density at radius 3 is 2.47 bits per heavy atom. The Bertz CT molecular complexity index is 1120. The Kier molecular flexibility index (Phi) is 6.80. The van der Waals surface area contributed by atoms with Crippen molar-refractivity contribution in [3.63, 3.8) is 0 Å². The van der Waals surface area contributed by atoms with E-state index in [1.54, 1.807) is 35.2 Å². The van der Waals surface area contributed by atoms with E-state index in [1.807, 2.05) is 18.2 Å². The molecule has 0 bridgehead atoms. The minimum absolute atomic E-state index is 0.0286. The molecule has 9 nitrogen and oxygen atoms in total. The van der Waals surface area contributed by atoms with Gasteiger partial charge in [0, 0.05) is 24.0 Å². The van der Waals surface area contributed by atoms with Crippen LogP contribution >= 0.6 is 11.6 Å². The molecule has 0 aliphatic heterocycles. The Balaban J connectivity index is 1.99. The van der Waals surface area contributed by atoms with Crippen molar-refractivity contribution >= 4 is 40.8 Å². The molecule has 150 valence electrons. The number of nitro benzene ring substituents is 1. The first-order chi connectivity index (χ1) is 14.6. The number of aromatic nitrogens is 3. The SMILES string of the molecule is O=[N+]([O-])c1ccc(Nc2nc(-[n+]3ccccc3)nc(N=C/C=C/C=C/[O-])c2Cl)cc1. The Hall–Kier alpha value is -4.11. The Labute approximate surface area is 176 Å². The molecule has 0 spiro atoms. The third kappa shape index (κ3) is 5.24. The van der Waals surface area contributed by atoms with Crippen LogP contribution < -0.4 is 15.0 Å². The Morgan fingerprint density at radius 2 is 1.80 bits per heavy atom. The standard InChI is InChI=1S/C20H15ClN6O3/c21-17-18(22-11-3-1-6-14-28)24-20(26-12-4-2-5-13-26)25-19(17)23-15-7-9-16(10-8-15)27(29)30/h1-14H,(H-,22,23,24,25,28). The van der Waals surface area contributed by atoms with Crippen LogP contribution in [0.4, 0.5) is 23.0 Å². The van der Waals surface area contributed by atoms with E-state index in [1.165, 1.54) is 30.5 Å². The number of rotatable bonds is 7. The van der Waals surface area contributed by atoms with Crippen LogP contribution in [0.1, 0.15) is 0 Å². The molecular weight excluding hydrogens is 408 g/mol. The molecule has 0 amide bonds. The molecule has 0 saturated carbocycles. The third-order valence-corrected chi connectivity index (χ3v) is 4.04. The molecule has 2 aromatic heterocycles. The maximum Gasteiger partial charge on any atom is 0.441 e. The number of allylic oxidation sites excluding steroid dienone is 3. The number of hydrogen-bond donors (Lipinski definition) is 1. The third-order valence-electron chi connectivity index (χ3n) is 3.69. The van der Waals surface area contributed by atoms with Crippen LogP contribution in [0.3, 0.4) is 0 Å². The fourth-order valence-corrected chi connectivity index (χ4v) is 2.50. The van der Waals surface area contributed by atoms with Gasteiger partial charge in [-0.05, 0) is 40.3 Å². The summed E-state index contributed by atoms with van der Waals surface area (Å²) in [5.41, 5.74) is 0.527. The summed E-state index contributed by atoms with van der Waals surface area (Å²) < 4.78 is 1.69. The molecule has 2 heterocycles. The highest BCUT2D eigenvalue weighted by Crippen LogP contribution is 2.31. The van der Waals surface area contributed by atoms with Gasteiger partial charge in [-0.2, -0.15) is 0 Å². The summed E-state index contributed by atoms with van der Waals surface area (Å²) >= 11 is 6.43. The lowest BCUT2D eigenvalue weighted by Crippen LogP contribution is -2.32. The number of benzene rings is 1. The van der Waals surface area contributed by atoms with Gasteiger partial charge in [-0.15, -0.1) is 6.26 Å². The van der Waals surface area contributed by atoms with Crippen LogP contribution in [0, 0.1) is 10.1 Å². The van der Waals surface area contributed by atoms with Crippen molar-refractivity contribution < 1.29 is 14.6 Å². The van der Waals surface area contributed by atoms with E-state index in [-0.39, 0.29) is 22.3 Å². The van der Waals surface area contributed by atoms with E-state index in [4.69, 9.17) is 11.6 Å². The average molecular weight is 423 g/mol. The topological polar surface area (TPSA) is 120 Å². The van der Waals surface area contributed by atoms with Gasteiger partial charge in [0.15, 0.2) is 5.02 Å². The minimum atomic E-state index is -0.478. The van der Waals surface area contributed by atoms with Gasteiger partial charge in [0.2, 0.25) is 5.82 Å². The number of nitrogens with zero attached hydrogens (tertiary/aromatic N) is 5. The molecule has 0 aliphatic carbocycles. The monoisotopic (exact) mass is 422 g/mol. The van der Waals surface area contributed by atoms with Gasteiger partial charge in [0.05, 0.1) is 17.3 Å². The predicted molar refractivity (Wildman–Crippen MR) is 111 cm³/mol. The molecule has 0 atom stereocenters. The number of hydrogen-bond acceptors (Lipinski definition) is 7. The highest BCUT2D eigenvalue weighted by atomic mass is 35.5. The van der Waals surface area contributed by atoms with Crippen LogP contribution in [-0.4, -0.2) is 21.1 Å². The van der Waals surface area contributed by atoms with Crippen LogP contribution in [0.2, 0.25) is 5.02 Å². The predicted octanol–water partition coefficient (Wildman–Crippen LogP) is 3.19. The summed E-state index contributed by atoms with van der Waals surface area (Å²) in [5.74, 6) is 0.806. The summed E-state index contributed by atoms with van der Waals surface area (Å²) in [6.45, 7) is 0. The van der Waals surface area contributed by atoms with Crippen molar-refractivity contribution in [3.05, 3.63) is 94.5 Å². The van der Waals surface area contributed by atoms with E-state index < -0.39 is 4.92 Å². The lowest BCUT2D eigenvalue weighted by atomic mass is 10.3. The van der Waals surface area contributed by atoms with Gasteiger partial charge in [-0.3, -0.25) is 10.1 Å². The first kappa shape index (κ1) is 20.6. The van der Waals surface area contributed by atoms with E-state index in [0.717, 1.165) is 0 Å². The minimum Gasteiger partial charge on any atom is -0.878 e. The van der Waals surface area contributed by atoms with Gasteiger partial charge in [0.25, 0.3) is 11.5 Å². The van der Waals surface area contributed by atoms with Crippen molar-refractivity contribution in [2.75, 3.05) is 5.32 Å². The smallest absolute Gasteiger partial charge is 0.441 e. The highest BCUT2D eigenvalue weighted by Gasteiger charge is 2.22. The zero-order valence-electron chi connectivity index (χ0n) is 15.4. The van der Waals surface area contributed by atoms with E-state index >= 15 is 0 Å². The van der Waals surface area contributed by atoms with Crippen LogP contribution in [-0.2, 0) is 0 Å². The molecule has 10 heteroatoms. The first-order valence-corrected chi connectivity index (χ1v) is 9.00. The maximum atomic E-state index is 10.8. The lowest BCUT2D eigenvalue weighted by Gasteiger charge is -2.06. The summed E-state index contributed by atoms with van der Waals surface area (Å²) in [6, 6.07) is 11.3. The van der Waals surface area contributed by atoms with Gasteiger partial charge < -0.3 is 10.4 Å². The van der Waals surface area contributed by atoms with Crippen LogP contribution in [0.5, 0.6) is 0 Å².